The van der Waals surface area contributed by atoms with Crippen LogP contribution in [-0.2, 0) is 13.1 Å². The van der Waals surface area contributed by atoms with Gasteiger partial charge in [-0.2, -0.15) is 5.10 Å². The summed E-state index contributed by atoms with van der Waals surface area (Å²) in [6.07, 6.45) is 1.74. The molecule has 18 heavy (non-hydrogen) atoms. The Bertz CT molecular complexity index is 633. The van der Waals surface area contributed by atoms with Crippen molar-refractivity contribution in [3.05, 3.63) is 49.6 Å². The zero-order valence-corrected chi connectivity index (χ0v) is 12.5. The molecule has 2 aromatic rings. The summed E-state index contributed by atoms with van der Waals surface area (Å²) >= 11 is 9.45. The smallest absolute Gasteiger partial charge is 0.265 e. The van der Waals surface area contributed by atoms with E-state index in [2.05, 4.69) is 21.0 Å². The highest BCUT2D eigenvalue weighted by atomic mass is 79.9. The molecular formula is C12H13BrClN3O. The highest BCUT2D eigenvalue weighted by Crippen LogP contribution is 2.20. The first-order valence-electron chi connectivity index (χ1n) is 5.61. The summed E-state index contributed by atoms with van der Waals surface area (Å²) < 4.78 is 3.98. The number of pyridine rings is 1. The summed E-state index contributed by atoms with van der Waals surface area (Å²) in [5.74, 6) is 0. The fourth-order valence-corrected chi connectivity index (χ4v) is 2.39. The molecule has 4 nitrogen and oxygen atoms in total. The van der Waals surface area contributed by atoms with Gasteiger partial charge in [-0.15, -0.1) is 0 Å². The van der Waals surface area contributed by atoms with E-state index < -0.39 is 0 Å². The fourth-order valence-electron chi connectivity index (χ4n) is 1.81. The Morgan fingerprint density at radius 3 is 2.89 bits per heavy atom. The van der Waals surface area contributed by atoms with Crippen LogP contribution < -0.4 is 5.56 Å². The van der Waals surface area contributed by atoms with Crippen molar-refractivity contribution in [2.75, 3.05) is 0 Å². The van der Waals surface area contributed by atoms with Crippen LogP contribution in [0.25, 0.3) is 0 Å². The Morgan fingerprint density at radius 1 is 1.50 bits per heavy atom. The van der Waals surface area contributed by atoms with Gasteiger partial charge in [0.2, 0.25) is 0 Å². The first kappa shape index (κ1) is 13.4. The van der Waals surface area contributed by atoms with Gasteiger partial charge < -0.3 is 4.57 Å². The summed E-state index contributed by atoms with van der Waals surface area (Å²) in [7, 11) is 0. The van der Waals surface area contributed by atoms with Crippen LogP contribution in [0.2, 0.25) is 5.02 Å². The normalized spacial score (nSPS) is 10.9. The minimum Gasteiger partial charge on any atom is -0.309 e. The average molecular weight is 331 g/mol. The van der Waals surface area contributed by atoms with Crippen molar-refractivity contribution in [2.45, 2.75) is 26.9 Å². The minimum absolute atomic E-state index is 0.0740. The maximum atomic E-state index is 11.9. The second-order valence-electron chi connectivity index (χ2n) is 3.95. The van der Waals surface area contributed by atoms with Crippen LogP contribution in [0.4, 0.5) is 0 Å². The monoisotopic (exact) mass is 329 g/mol. The lowest BCUT2D eigenvalue weighted by Crippen LogP contribution is -2.21. The molecule has 0 spiro atoms. The molecule has 0 fully saturated rings. The van der Waals surface area contributed by atoms with Gasteiger partial charge in [0, 0.05) is 12.7 Å². The second kappa shape index (κ2) is 5.28. The molecule has 96 valence electrons. The lowest BCUT2D eigenvalue weighted by atomic mass is 10.3. The van der Waals surface area contributed by atoms with Crippen molar-refractivity contribution in [1.29, 1.82) is 0 Å². The molecular weight excluding hydrogens is 318 g/mol. The molecule has 0 atom stereocenters. The quantitative estimate of drug-likeness (QED) is 0.868. The summed E-state index contributed by atoms with van der Waals surface area (Å²) in [4.78, 5) is 11.9. The van der Waals surface area contributed by atoms with Crippen molar-refractivity contribution in [2.24, 2.45) is 0 Å². The molecule has 0 saturated carbocycles. The molecule has 0 aliphatic rings. The Hall–Kier alpha value is -1.07. The molecule has 0 N–H and O–H groups in total. The molecule has 0 aliphatic carbocycles. The van der Waals surface area contributed by atoms with Crippen LogP contribution >= 0.6 is 27.5 Å². The number of aryl methyl sites for hydroxylation is 2. The molecule has 6 heteroatoms. The average Bonchev–Trinajstić information content (AvgIpc) is 2.62. The van der Waals surface area contributed by atoms with Gasteiger partial charge in [0.05, 0.1) is 27.4 Å². The first-order valence-corrected chi connectivity index (χ1v) is 6.78. The Morgan fingerprint density at radius 2 is 2.22 bits per heavy atom. The van der Waals surface area contributed by atoms with Crippen LogP contribution in [0.5, 0.6) is 0 Å². The third kappa shape index (κ3) is 2.37. The highest BCUT2D eigenvalue weighted by Gasteiger charge is 2.13. The molecule has 0 aliphatic heterocycles. The van der Waals surface area contributed by atoms with E-state index in [0.29, 0.717) is 16.0 Å². The molecule has 0 aromatic carbocycles. The molecule has 0 amide bonds. The van der Waals surface area contributed by atoms with E-state index in [0.717, 1.165) is 17.9 Å². The van der Waals surface area contributed by atoms with Crippen LogP contribution in [-0.4, -0.2) is 14.3 Å². The lowest BCUT2D eigenvalue weighted by molar-refractivity contribution is 0.591. The molecule has 0 saturated heterocycles. The highest BCUT2D eigenvalue weighted by molar-refractivity contribution is 9.10. The van der Waals surface area contributed by atoms with Gasteiger partial charge >= 0.3 is 0 Å². The predicted molar refractivity (Wildman–Crippen MR) is 75.2 cm³/mol. The zero-order valence-electron chi connectivity index (χ0n) is 10.2. The Kier molecular flexibility index (Phi) is 3.92. The van der Waals surface area contributed by atoms with Crippen molar-refractivity contribution in [3.63, 3.8) is 0 Å². The van der Waals surface area contributed by atoms with Gasteiger partial charge in [-0.3, -0.25) is 9.48 Å². The maximum Gasteiger partial charge on any atom is 0.265 e. The van der Waals surface area contributed by atoms with E-state index >= 15 is 0 Å². The number of hydrogen-bond acceptors (Lipinski definition) is 2. The number of rotatable bonds is 3. The van der Waals surface area contributed by atoms with E-state index in [1.165, 1.54) is 0 Å². The number of nitrogens with zero attached hydrogens (tertiary/aromatic N) is 3. The fraction of sp³-hybridized carbons (Fsp3) is 0.333. The van der Waals surface area contributed by atoms with Gasteiger partial charge in [-0.05, 0) is 41.9 Å². The third-order valence-electron chi connectivity index (χ3n) is 2.75. The predicted octanol–water partition coefficient (Wildman–Crippen LogP) is 2.84. The molecule has 0 bridgehead atoms. The van der Waals surface area contributed by atoms with E-state index in [9.17, 15) is 4.79 Å². The third-order valence-corrected chi connectivity index (χ3v) is 3.84. The van der Waals surface area contributed by atoms with E-state index in [1.807, 2.05) is 24.6 Å². The largest absolute Gasteiger partial charge is 0.309 e. The SMILES string of the molecule is CCn1nc(C)c(Cl)c1Cn1cccc(Br)c1=O. The van der Waals surface area contributed by atoms with Gasteiger partial charge in [-0.25, -0.2) is 0 Å². The Labute approximate surface area is 118 Å². The van der Waals surface area contributed by atoms with Crippen LogP contribution in [0.3, 0.4) is 0 Å². The van der Waals surface area contributed by atoms with Crippen LogP contribution in [0, 0.1) is 6.92 Å². The molecule has 2 rings (SSSR count). The molecule has 0 unspecified atom stereocenters. The topological polar surface area (TPSA) is 39.8 Å². The van der Waals surface area contributed by atoms with Crippen molar-refractivity contribution < 1.29 is 0 Å². The number of halogens is 2. The van der Waals surface area contributed by atoms with Crippen LogP contribution in [0.15, 0.2) is 27.6 Å². The maximum absolute atomic E-state index is 11.9. The van der Waals surface area contributed by atoms with E-state index in [-0.39, 0.29) is 5.56 Å². The van der Waals surface area contributed by atoms with E-state index in [4.69, 9.17) is 11.6 Å². The Balaban J connectivity index is 2.46. The molecule has 2 heterocycles. The minimum atomic E-state index is -0.0740. The second-order valence-corrected chi connectivity index (χ2v) is 5.18. The van der Waals surface area contributed by atoms with Crippen molar-refractivity contribution in [1.82, 2.24) is 14.3 Å². The number of hydrogen-bond donors (Lipinski definition) is 0. The van der Waals surface area contributed by atoms with Crippen molar-refractivity contribution >= 4 is 27.5 Å². The summed E-state index contributed by atoms with van der Waals surface area (Å²) in [6, 6.07) is 3.54. The summed E-state index contributed by atoms with van der Waals surface area (Å²) in [6.45, 7) is 5.01. The molecule has 0 radical (unpaired) electrons. The van der Waals surface area contributed by atoms with Crippen LogP contribution in [0.1, 0.15) is 18.3 Å². The summed E-state index contributed by atoms with van der Waals surface area (Å²) in [5.41, 5.74) is 1.57. The van der Waals surface area contributed by atoms with Gasteiger partial charge in [0.15, 0.2) is 0 Å². The lowest BCUT2D eigenvalue weighted by Gasteiger charge is -2.08. The number of aromatic nitrogens is 3. The van der Waals surface area contributed by atoms with Crippen molar-refractivity contribution in [3.8, 4) is 0 Å². The van der Waals surface area contributed by atoms with E-state index in [1.54, 1.807) is 16.8 Å². The van der Waals surface area contributed by atoms with Gasteiger partial charge in [-0.1, -0.05) is 11.6 Å². The van der Waals surface area contributed by atoms with Gasteiger partial charge in [0.1, 0.15) is 0 Å². The first-order chi connectivity index (χ1) is 8.54. The summed E-state index contributed by atoms with van der Waals surface area (Å²) in [5, 5.41) is 4.96. The standard InChI is InChI=1S/C12H13BrClN3O/c1-3-17-10(11(14)8(2)15-17)7-16-6-4-5-9(13)12(16)18/h4-6H,3,7H2,1-2H3. The zero-order chi connectivity index (χ0) is 13.3. The molecule has 2 aromatic heterocycles. The van der Waals surface area contributed by atoms with Gasteiger partial charge in [0.25, 0.3) is 5.56 Å².